The predicted octanol–water partition coefficient (Wildman–Crippen LogP) is 2.52. The Hall–Kier alpha value is -0.700. The van der Waals surface area contributed by atoms with Gasteiger partial charge in [-0.15, -0.1) is 0 Å². The highest BCUT2D eigenvalue weighted by atomic mass is 35.5. The average molecular weight is 193 g/mol. The van der Waals surface area contributed by atoms with E-state index in [1.807, 2.05) is 0 Å². The second-order valence-electron chi connectivity index (χ2n) is 2.65. The number of carbonyl (C=O) groups is 1. The Kier molecular flexibility index (Phi) is 2.33. The maximum atomic E-state index is 13.2. The van der Waals surface area contributed by atoms with Crippen LogP contribution in [0.1, 0.15) is 6.92 Å². The van der Waals surface area contributed by atoms with Crippen molar-refractivity contribution in [1.82, 2.24) is 0 Å². The zero-order valence-corrected chi connectivity index (χ0v) is 7.11. The van der Waals surface area contributed by atoms with E-state index in [0.717, 1.165) is 12.2 Å². The van der Waals surface area contributed by atoms with Crippen LogP contribution in [0.5, 0.6) is 0 Å². The monoisotopic (exact) mass is 192 g/mol. The molecule has 0 aromatic rings. The van der Waals surface area contributed by atoms with Crippen molar-refractivity contribution in [2.24, 2.45) is 5.92 Å². The van der Waals surface area contributed by atoms with Crippen molar-refractivity contribution in [2.45, 2.75) is 12.1 Å². The number of halogens is 3. The highest BCUT2D eigenvalue weighted by molar-refractivity contribution is 6.26. The lowest BCUT2D eigenvalue weighted by molar-refractivity contribution is -0.121. The molecule has 66 valence electrons. The van der Waals surface area contributed by atoms with Crippen molar-refractivity contribution in [3.63, 3.8) is 0 Å². The minimum Gasteiger partial charge on any atom is -0.299 e. The van der Waals surface area contributed by atoms with Crippen LogP contribution in [0.4, 0.5) is 8.78 Å². The van der Waals surface area contributed by atoms with E-state index in [4.69, 9.17) is 11.6 Å². The first-order valence-electron chi connectivity index (χ1n) is 3.38. The van der Waals surface area contributed by atoms with Crippen LogP contribution in [0.15, 0.2) is 24.1 Å². The largest absolute Gasteiger partial charge is 0.299 e. The van der Waals surface area contributed by atoms with Gasteiger partial charge in [-0.05, 0) is 13.0 Å². The minimum absolute atomic E-state index is 0.424. The highest BCUT2D eigenvalue weighted by Gasteiger charge is 2.38. The number of ketones is 1. The molecule has 0 saturated heterocycles. The van der Waals surface area contributed by atoms with E-state index in [0.29, 0.717) is 6.08 Å². The molecule has 2 atom stereocenters. The first kappa shape index (κ1) is 9.39. The molecule has 0 aromatic carbocycles. The maximum Gasteiger partial charge on any atom is 0.218 e. The van der Waals surface area contributed by atoms with E-state index < -0.39 is 22.7 Å². The van der Waals surface area contributed by atoms with Crippen LogP contribution in [0, 0.1) is 5.92 Å². The molecule has 1 rings (SSSR count). The first-order chi connectivity index (χ1) is 5.43. The summed E-state index contributed by atoms with van der Waals surface area (Å²) >= 11 is 5.27. The fourth-order valence-corrected chi connectivity index (χ4v) is 1.38. The summed E-state index contributed by atoms with van der Waals surface area (Å²) in [5, 5.41) is -2.41. The number of rotatable bonds is 1. The SMILES string of the molecule is CC(=O)C1C=CC(F)=CC1(F)Cl. The number of hydrogen-bond donors (Lipinski definition) is 0. The van der Waals surface area contributed by atoms with Gasteiger partial charge in [0.05, 0.1) is 5.92 Å². The fourth-order valence-electron chi connectivity index (χ4n) is 1.04. The van der Waals surface area contributed by atoms with Crippen LogP contribution < -0.4 is 0 Å². The topological polar surface area (TPSA) is 17.1 Å². The van der Waals surface area contributed by atoms with Crippen molar-refractivity contribution in [1.29, 1.82) is 0 Å². The van der Waals surface area contributed by atoms with Gasteiger partial charge in [-0.3, -0.25) is 4.79 Å². The summed E-state index contributed by atoms with van der Waals surface area (Å²) in [6.45, 7) is 1.21. The van der Waals surface area contributed by atoms with Crippen LogP contribution >= 0.6 is 11.6 Å². The van der Waals surface area contributed by atoms with Gasteiger partial charge >= 0.3 is 0 Å². The third kappa shape index (κ3) is 1.72. The third-order valence-corrected chi connectivity index (χ3v) is 1.98. The van der Waals surface area contributed by atoms with Crippen LogP contribution in [-0.4, -0.2) is 10.9 Å². The zero-order valence-electron chi connectivity index (χ0n) is 6.35. The second-order valence-corrected chi connectivity index (χ2v) is 3.23. The van der Waals surface area contributed by atoms with Crippen LogP contribution in [-0.2, 0) is 4.79 Å². The Morgan fingerprint density at radius 1 is 1.75 bits per heavy atom. The van der Waals surface area contributed by atoms with Crippen molar-refractivity contribution in [3.05, 3.63) is 24.1 Å². The summed E-state index contributed by atoms with van der Waals surface area (Å²) in [6.07, 6.45) is 2.76. The lowest BCUT2D eigenvalue weighted by atomic mass is 9.94. The standard InChI is InChI=1S/C8H7ClF2O/c1-5(12)7-3-2-6(10)4-8(7,9)11/h2-4,7H,1H3. The molecule has 0 spiro atoms. The number of Topliss-reactive ketones (excluding diaryl/α,β-unsaturated/α-hetero) is 1. The van der Waals surface area contributed by atoms with E-state index in [1.54, 1.807) is 0 Å². The van der Waals surface area contributed by atoms with Gasteiger partial charge in [-0.2, -0.15) is 0 Å². The quantitative estimate of drug-likeness (QED) is 0.584. The maximum absolute atomic E-state index is 13.2. The molecule has 0 bridgehead atoms. The average Bonchev–Trinajstić information content (AvgIpc) is 1.82. The molecule has 0 radical (unpaired) electrons. The molecule has 1 aliphatic rings. The summed E-state index contributed by atoms with van der Waals surface area (Å²) < 4.78 is 25.7. The third-order valence-electron chi connectivity index (χ3n) is 1.63. The van der Waals surface area contributed by atoms with Crippen molar-refractivity contribution in [2.75, 3.05) is 0 Å². The Balaban J connectivity index is 2.96. The fraction of sp³-hybridized carbons (Fsp3) is 0.375. The molecule has 12 heavy (non-hydrogen) atoms. The second kappa shape index (κ2) is 2.98. The minimum atomic E-state index is -2.41. The Bertz CT molecular complexity index is 268. The molecule has 0 aromatic heterocycles. The van der Waals surface area contributed by atoms with Crippen LogP contribution in [0.2, 0.25) is 0 Å². The summed E-state index contributed by atoms with van der Waals surface area (Å²) in [5.74, 6) is -2.27. The van der Waals surface area contributed by atoms with Gasteiger partial charge in [0.2, 0.25) is 5.13 Å². The van der Waals surface area contributed by atoms with Crippen LogP contribution in [0.3, 0.4) is 0 Å². The van der Waals surface area contributed by atoms with Crippen LogP contribution in [0.25, 0.3) is 0 Å². The summed E-state index contributed by atoms with van der Waals surface area (Å²) in [4.78, 5) is 10.8. The smallest absolute Gasteiger partial charge is 0.218 e. The summed E-state index contributed by atoms with van der Waals surface area (Å²) in [5.41, 5.74) is 0. The van der Waals surface area contributed by atoms with Gasteiger partial charge in [-0.1, -0.05) is 17.7 Å². The van der Waals surface area contributed by atoms with E-state index in [-0.39, 0.29) is 0 Å². The van der Waals surface area contributed by atoms with Gasteiger partial charge in [0, 0.05) is 6.08 Å². The van der Waals surface area contributed by atoms with Crippen molar-refractivity contribution in [3.8, 4) is 0 Å². The van der Waals surface area contributed by atoms with Gasteiger partial charge in [0.15, 0.2) is 0 Å². The zero-order chi connectivity index (χ0) is 9.35. The molecule has 1 aliphatic carbocycles. The molecule has 0 N–H and O–H groups in total. The van der Waals surface area contributed by atoms with E-state index in [2.05, 4.69) is 0 Å². The molecule has 4 heteroatoms. The molecule has 0 heterocycles. The van der Waals surface area contributed by atoms with Gasteiger partial charge in [-0.25, -0.2) is 8.78 Å². The summed E-state index contributed by atoms with van der Waals surface area (Å²) in [6, 6.07) is 0. The lowest BCUT2D eigenvalue weighted by Crippen LogP contribution is -2.30. The van der Waals surface area contributed by atoms with Gasteiger partial charge in [0.1, 0.15) is 11.6 Å². The normalized spacial score (nSPS) is 34.7. The van der Waals surface area contributed by atoms with Gasteiger partial charge < -0.3 is 0 Å². The first-order valence-corrected chi connectivity index (χ1v) is 3.76. The molecule has 0 fully saturated rings. The van der Waals surface area contributed by atoms with Gasteiger partial charge in [0.25, 0.3) is 0 Å². The lowest BCUT2D eigenvalue weighted by Gasteiger charge is -2.22. The number of carbonyl (C=O) groups excluding carboxylic acids is 1. The number of allylic oxidation sites excluding steroid dienone is 4. The Labute approximate surface area is 73.7 Å². The molecule has 1 nitrogen and oxygen atoms in total. The number of hydrogen-bond acceptors (Lipinski definition) is 1. The molecular weight excluding hydrogens is 186 g/mol. The number of alkyl halides is 2. The van der Waals surface area contributed by atoms with Crippen molar-refractivity contribution < 1.29 is 13.6 Å². The molecule has 0 aliphatic heterocycles. The molecular formula is C8H7ClF2O. The summed E-state index contributed by atoms with van der Waals surface area (Å²) in [7, 11) is 0. The molecule has 0 amide bonds. The van der Waals surface area contributed by atoms with Crippen molar-refractivity contribution >= 4 is 17.4 Å². The molecule has 2 unspecified atom stereocenters. The Morgan fingerprint density at radius 2 is 2.33 bits per heavy atom. The Morgan fingerprint density at radius 3 is 2.75 bits per heavy atom. The highest BCUT2D eigenvalue weighted by Crippen LogP contribution is 2.35. The van der Waals surface area contributed by atoms with E-state index >= 15 is 0 Å². The van der Waals surface area contributed by atoms with E-state index in [1.165, 1.54) is 6.92 Å². The predicted molar refractivity (Wildman–Crippen MR) is 42.2 cm³/mol. The molecule has 0 saturated carbocycles. The van der Waals surface area contributed by atoms with E-state index in [9.17, 15) is 13.6 Å².